The number of hydrogen-bond acceptors (Lipinski definition) is 8. The molecule has 2 aromatic carbocycles. The van der Waals surface area contributed by atoms with Crippen molar-refractivity contribution in [3.8, 4) is 5.75 Å². The van der Waals surface area contributed by atoms with Gasteiger partial charge in [-0.3, -0.25) is 24.6 Å². The van der Waals surface area contributed by atoms with E-state index in [0.717, 1.165) is 10.4 Å². The molecule has 17 heteroatoms. The lowest BCUT2D eigenvalue weighted by atomic mass is 9.87. The maximum atomic E-state index is 13.9. The molecule has 0 bridgehead atoms. The number of piperidine rings is 1. The van der Waals surface area contributed by atoms with E-state index in [4.69, 9.17) is 0 Å². The molecule has 2 fully saturated rings. The number of halogens is 4. The number of hydrogen-bond donors (Lipinski definition) is 2. The maximum absolute atomic E-state index is 13.9. The number of carbonyl (C=O) groups is 4. The summed E-state index contributed by atoms with van der Waals surface area (Å²) in [5.74, 6) is -5.28. The molecule has 0 radical (unpaired) electrons. The van der Waals surface area contributed by atoms with Crippen molar-refractivity contribution in [2.24, 2.45) is 4.99 Å². The first-order valence-corrected chi connectivity index (χ1v) is 15.6. The second-order valence-electron chi connectivity index (χ2n) is 11.8. The number of ether oxygens (including phenoxy) is 1. The normalized spacial score (nSPS) is 21.9. The van der Waals surface area contributed by atoms with Gasteiger partial charge in [0, 0.05) is 24.2 Å². The summed E-state index contributed by atoms with van der Waals surface area (Å²) in [7, 11) is -4.02. The summed E-state index contributed by atoms with van der Waals surface area (Å²) in [6, 6.07) is 5.24. The highest BCUT2D eigenvalue weighted by molar-refractivity contribution is 7.89. The molecule has 2 N–H and O–H groups in total. The first-order chi connectivity index (χ1) is 21.2. The third-order valence-corrected chi connectivity index (χ3v) is 10.1. The molecule has 3 aliphatic heterocycles. The number of rotatable bonds is 7. The van der Waals surface area contributed by atoms with E-state index in [9.17, 15) is 45.2 Å². The van der Waals surface area contributed by atoms with E-state index >= 15 is 0 Å². The maximum Gasteiger partial charge on any atom is 0.573 e. The molecule has 0 saturated carbocycles. The highest BCUT2D eigenvalue weighted by Gasteiger charge is 2.54. The molecule has 0 aliphatic carbocycles. The van der Waals surface area contributed by atoms with Crippen LogP contribution in [-0.2, 0) is 30.8 Å². The van der Waals surface area contributed by atoms with E-state index < -0.39 is 69.2 Å². The molecule has 2 aromatic rings. The van der Waals surface area contributed by atoms with Gasteiger partial charge in [-0.1, -0.05) is 0 Å². The highest BCUT2D eigenvalue weighted by Crippen LogP contribution is 2.34. The lowest BCUT2D eigenvalue weighted by molar-refractivity contribution is -0.275. The van der Waals surface area contributed by atoms with Crippen LogP contribution in [-0.4, -0.2) is 78.5 Å². The second kappa shape index (κ2) is 11.2. The number of nitrogens with zero attached hydrogens (tertiary/aromatic N) is 3. The van der Waals surface area contributed by atoms with Crippen molar-refractivity contribution in [3.63, 3.8) is 0 Å². The second-order valence-corrected chi connectivity index (χ2v) is 13.8. The highest BCUT2D eigenvalue weighted by atomic mass is 32.2. The van der Waals surface area contributed by atoms with Crippen molar-refractivity contribution in [2.45, 2.75) is 58.0 Å². The van der Waals surface area contributed by atoms with Crippen molar-refractivity contribution >= 4 is 45.2 Å². The number of benzene rings is 2. The molecule has 46 heavy (non-hydrogen) atoms. The van der Waals surface area contributed by atoms with Crippen molar-refractivity contribution in [3.05, 3.63) is 58.4 Å². The Bertz CT molecular complexity index is 1800. The van der Waals surface area contributed by atoms with Gasteiger partial charge in [0.25, 0.3) is 11.8 Å². The van der Waals surface area contributed by atoms with Gasteiger partial charge >= 0.3 is 12.4 Å². The van der Waals surface area contributed by atoms with Gasteiger partial charge < -0.3 is 10.1 Å². The summed E-state index contributed by atoms with van der Waals surface area (Å²) in [4.78, 5) is 56.3. The predicted octanol–water partition coefficient (Wildman–Crippen LogP) is 2.64. The number of alkyl halides is 3. The third kappa shape index (κ3) is 5.84. The number of anilines is 1. The standard InChI is InChI=1S/C29H29F4N5O7S/c1-15-11-18(38-26(42)35-24(40)27(38,3)4)12-16(2)19(15)7-10-46(43,44)37-9-8-28(22(39)14-37)25(41)34-23(36-28)17-5-6-20(30)21(13-17)45-29(31,32)33/h5-6,11-13H,7-10,14H2,1-4H3,(H,34,36,41)(H,35,40,42). The minimum Gasteiger partial charge on any atom is -0.403 e. The van der Waals surface area contributed by atoms with Crippen molar-refractivity contribution < 1.29 is 49.9 Å². The number of imide groups is 1. The monoisotopic (exact) mass is 667 g/mol. The van der Waals surface area contributed by atoms with Crippen LogP contribution < -0.4 is 20.3 Å². The van der Waals surface area contributed by atoms with E-state index in [1.165, 1.54) is 4.90 Å². The van der Waals surface area contributed by atoms with E-state index in [0.29, 0.717) is 34.5 Å². The van der Waals surface area contributed by atoms with Crippen LogP contribution in [0, 0.1) is 19.7 Å². The van der Waals surface area contributed by atoms with Crippen LogP contribution in [0.1, 0.15) is 42.5 Å². The van der Waals surface area contributed by atoms with Gasteiger partial charge in [-0.2, -0.15) is 4.31 Å². The Labute approximate surface area is 260 Å². The molecule has 246 valence electrons. The fourth-order valence-electron chi connectivity index (χ4n) is 5.82. The Balaban J connectivity index is 1.29. The Hall–Kier alpha value is -4.38. The predicted molar refractivity (Wildman–Crippen MR) is 155 cm³/mol. The van der Waals surface area contributed by atoms with Crippen LogP contribution >= 0.6 is 0 Å². The number of Topliss-reactive ketones (excluding diaryl/α,β-unsaturated/α-hetero) is 1. The zero-order chi connectivity index (χ0) is 34.0. The minimum atomic E-state index is -5.18. The number of carbonyl (C=O) groups excluding carboxylic acids is 4. The van der Waals surface area contributed by atoms with Crippen molar-refractivity contribution in [2.75, 3.05) is 23.7 Å². The van der Waals surface area contributed by atoms with E-state index in [2.05, 4.69) is 20.4 Å². The SMILES string of the molecule is Cc1cc(N2C(=O)NC(=O)C2(C)C)cc(C)c1CCS(=O)(=O)N1CCC2(N=C(c3ccc(F)c(OC(F)(F)F)c3)NC2=O)C(=O)C1. The fourth-order valence-corrected chi connectivity index (χ4v) is 7.22. The first-order valence-electron chi connectivity index (χ1n) is 14.0. The molecule has 1 unspecified atom stereocenters. The summed E-state index contributed by atoms with van der Waals surface area (Å²) in [5.41, 5.74) is -0.711. The summed E-state index contributed by atoms with van der Waals surface area (Å²) in [6.45, 7) is 5.81. The zero-order valence-corrected chi connectivity index (χ0v) is 25.9. The topological polar surface area (TPSA) is 155 Å². The molecule has 0 aromatic heterocycles. The lowest BCUT2D eigenvalue weighted by Crippen LogP contribution is -2.57. The first kappa shape index (κ1) is 33.0. The molecule has 1 spiro atoms. The average molecular weight is 668 g/mol. The largest absolute Gasteiger partial charge is 0.573 e. The Kier molecular flexibility index (Phi) is 8.00. The number of ketones is 1. The number of amides is 4. The van der Waals surface area contributed by atoms with Crippen LogP contribution in [0.2, 0.25) is 0 Å². The van der Waals surface area contributed by atoms with Crippen LogP contribution in [0.15, 0.2) is 35.3 Å². The van der Waals surface area contributed by atoms with Gasteiger partial charge in [0.2, 0.25) is 15.6 Å². The average Bonchev–Trinajstić information content (AvgIpc) is 3.36. The zero-order valence-electron chi connectivity index (χ0n) is 25.0. The molecule has 5 rings (SSSR count). The Morgan fingerprint density at radius 2 is 1.65 bits per heavy atom. The Morgan fingerprint density at radius 1 is 1.00 bits per heavy atom. The van der Waals surface area contributed by atoms with Crippen LogP contribution in [0.25, 0.3) is 0 Å². The molecule has 12 nitrogen and oxygen atoms in total. The smallest absolute Gasteiger partial charge is 0.403 e. The summed E-state index contributed by atoms with van der Waals surface area (Å²) in [6.07, 6.45) is -5.44. The summed E-state index contributed by atoms with van der Waals surface area (Å²) in [5, 5.41) is 4.62. The molecule has 4 amide bonds. The van der Waals surface area contributed by atoms with Crippen LogP contribution in [0.4, 0.5) is 28.0 Å². The van der Waals surface area contributed by atoms with E-state index in [-0.39, 0.29) is 36.5 Å². The molecular weight excluding hydrogens is 638 g/mol. The van der Waals surface area contributed by atoms with Gasteiger partial charge in [0.1, 0.15) is 11.4 Å². The number of urea groups is 1. The van der Waals surface area contributed by atoms with Crippen molar-refractivity contribution in [1.82, 2.24) is 14.9 Å². The van der Waals surface area contributed by atoms with Gasteiger partial charge in [-0.25, -0.2) is 22.6 Å². The fraction of sp³-hybridized carbons (Fsp3) is 0.414. The van der Waals surface area contributed by atoms with Crippen molar-refractivity contribution in [1.29, 1.82) is 0 Å². The number of aryl methyl sites for hydroxylation is 2. The number of amidine groups is 1. The van der Waals surface area contributed by atoms with Gasteiger partial charge in [0.05, 0.1) is 12.3 Å². The number of aliphatic imine (C=N–C) groups is 1. The van der Waals surface area contributed by atoms with Crippen LogP contribution in [0.5, 0.6) is 5.75 Å². The van der Waals surface area contributed by atoms with Gasteiger partial charge in [-0.15, -0.1) is 13.2 Å². The van der Waals surface area contributed by atoms with Crippen LogP contribution in [0.3, 0.4) is 0 Å². The molecular formula is C29H29F4N5O7S. The van der Waals surface area contributed by atoms with E-state index in [1.807, 2.05) is 0 Å². The summed E-state index contributed by atoms with van der Waals surface area (Å²) >= 11 is 0. The Morgan fingerprint density at radius 3 is 2.22 bits per heavy atom. The molecule has 1 atom stereocenters. The lowest BCUT2D eigenvalue weighted by Gasteiger charge is -2.33. The molecule has 2 saturated heterocycles. The number of sulfonamides is 1. The number of nitrogens with one attached hydrogen (secondary N) is 2. The van der Waals surface area contributed by atoms with E-state index in [1.54, 1.807) is 39.8 Å². The molecule has 3 aliphatic rings. The van der Waals surface area contributed by atoms with Gasteiger partial charge in [0.15, 0.2) is 17.3 Å². The van der Waals surface area contributed by atoms with Gasteiger partial charge in [-0.05, 0) is 81.1 Å². The quantitative estimate of drug-likeness (QED) is 0.262. The minimum absolute atomic E-state index is 0.0698. The molecule has 3 heterocycles. The third-order valence-electron chi connectivity index (χ3n) is 8.33. The summed E-state index contributed by atoms with van der Waals surface area (Å²) < 4.78 is 83.1.